The Hall–Kier alpha value is -2.62. The number of rotatable bonds is 7. The average molecular weight is 296 g/mol. The van der Waals surface area contributed by atoms with Crippen molar-refractivity contribution in [3.63, 3.8) is 0 Å². The first-order valence-corrected chi connectivity index (χ1v) is 7.18. The molecule has 0 atom stereocenters. The highest BCUT2D eigenvalue weighted by Gasteiger charge is 2.05. The third-order valence-corrected chi connectivity index (χ3v) is 3.62. The fraction of sp³-hybridized carbons (Fsp3) is 0.222. The molecule has 0 aliphatic carbocycles. The molecule has 4 nitrogen and oxygen atoms in total. The standard InChI is InChI=1S/C18H18O4/c19-17(20)15-11-5-3-9-13(15)7-1-2-8-14-10-4-6-12-16(14)18(21)22/h3-6,9-12H,1-2,7-8H2,(H,19,20)(H,21,22)/p-2. The van der Waals surface area contributed by atoms with Crippen LogP contribution in [0.3, 0.4) is 0 Å². The van der Waals surface area contributed by atoms with Crippen molar-refractivity contribution < 1.29 is 19.8 Å². The van der Waals surface area contributed by atoms with Gasteiger partial charge in [-0.2, -0.15) is 0 Å². The molecule has 0 aliphatic rings. The van der Waals surface area contributed by atoms with E-state index in [2.05, 4.69) is 0 Å². The second kappa shape index (κ2) is 7.41. The number of hydrogen-bond acceptors (Lipinski definition) is 4. The number of aromatic carboxylic acids is 2. The number of benzene rings is 2. The lowest BCUT2D eigenvalue weighted by atomic mass is 9.98. The zero-order valence-corrected chi connectivity index (χ0v) is 12.1. The van der Waals surface area contributed by atoms with Crippen LogP contribution in [0.25, 0.3) is 0 Å². The van der Waals surface area contributed by atoms with Crippen molar-refractivity contribution in [1.82, 2.24) is 0 Å². The zero-order valence-electron chi connectivity index (χ0n) is 12.1. The van der Waals surface area contributed by atoms with E-state index in [4.69, 9.17) is 0 Å². The Kier molecular flexibility index (Phi) is 5.31. The summed E-state index contributed by atoms with van der Waals surface area (Å²) < 4.78 is 0. The molecule has 4 heteroatoms. The van der Waals surface area contributed by atoms with Crippen molar-refractivity contribution >= 4 is 11.9 Å². The summed E-state index contributed by atoms with van der Waals surface area (Å²) in [6.45, 7) is 0. The van der Waals surface area contributed by atoms with Gasteiger partial charge in [-0.25, -0.2) is 0 Å². The van der Waals surface area contributed by atoms with Crippen molar-refractivity contribution in [2.45, 2.75) is 25.7 Å². The van der Waals surface area contributed by atoms with E-state index in [0.717, 1.165) is 24.0 Å². The molecule has 0 aliphatic heterocycles. The van der Waals surface area contributed by atoms with Crippen LogP contribution in [0, 0.1) is 0 Å². The van der Waals surface area contributed by atoms with Crippen LogP contribution >= 0.6 is 0 Å². The van der Waals surface area contributed by atoms with Crippen molar-refractivity contribution in [2.24, 2.45) is 0 Å². The van der Waals surface area contributed by atoms with Crippen LogP contribution in [-0.2, 0) is 12.8 Å². The number of unbranched alkanes of at least 4 members (excludes halogenated alkanes) is 1. The Bertz CT molecular complexity index is 617. The van der Waals surface area contributed by atoms with Gasteiger partial charge in [0, 0.05) is 11.1 Å². The van der Waals surface area contributed by atoms with Crippen LogP contribution in [-0.4, -0.2) is 11.9 Å². The lowest BCUT2D eigenvalue weighted by molar-refractivity contribution is -0.256. The average Bonchev–Trinajstić information content (AvgIpc) is 2.52. The van der Waals surface area contributed by atoms with Gasteiger partial charge in [0.2, 0.25) is 0 Å². The number of carboxylic acid groups (broad SMARTS) is 2. The van der Waals surface area contributed by atoms with Crippen LogP contribution in [0.5, 0.6) is 0 Å². The van der Waals surface area contributed by atoms with E-state index in [1.54, 1.807) is 36.4 Å². The number of carbonyl (C=O) groups excluding carboxylic acids is 2. The molecule has 0 saturated heterocycles. The lowest BCUT2D eigenvalue weighted by Crippen LogP contribution is -2.24. The number of aryl methyl sites for hydroxylation is 2. The summed E-state index contributed by atoms with van der Waals surface area (Å²) in [5.41, 5.74) is 1.93. The Morgan fingerprint density at radius 3 is 1.41 bits per heavy atom. The van der Waals surface area contributed by atoms with Gasteiger partial charge in [0.05, 0.1) is 11.9 Å². The van der Waals surface area contributed by atoms with Gasteiger partial charge in [-0.15, -0.1) is 0 Å². The molecule has 0 heterocycles. The van der Waals surface area contributed by atoms with Gasteiger partial charge in [0.15, 0.2) is 0 Å². The van der Waals surface area contributed by atoms with Gasteiger partial charge >= 0.3 is 0 Å². The molecule has 0 saturated carbocycles. The highest BCUT2D eigenvalue weighted by Crippen LogP contribution is 2.15. The summed E-state index contributed by atoms with van der Waals surface area (Å²) in [4.78, 5) is 22.0. The quantitative estimate of drug-likeness (QED) is 0.713. The minimum atomic E-state index is -1.17. The Morgan fingerprint density at radius 2 is 1.05 bits per heavy atom. The van der Waals surface area contributed by atoms with Crippen LogP contribution in [0.4, 0.5) is 0 Å². The Morgan fingerprint density at radius 1 is 0.682 bits per heavy atom. The summed E-state index contributed by atoms with van der Waals surface area (Å²) in [6.07, 6.45) is 2.78. The largest absolute Gasteiger partial charge is 0.545 e. The molecule has 0 aromatic heterocycles. The summed E-state index contributed by atoms with van der Waals surface area (Å²) >= 11 is 0. The van der Waals surface area contributed by atoms with Gasteiger partial charge in [0.25, 0.3) is 0 Å². The number of carbonyl (C=O) groups is 2. The minimum Gasteiger partial charge on any atom is -0.545 e. The third kappa shape index (κ3) is 3.95. The summed E-state index contributed by atoms with van der Waals surface area (Å²) in [7, 11) is 0. The van der Waals surface area contributed by atoms with E-state index in [-0.39, 0.29) is 11.1 Å². The number of hydrogen-bond donors (Lipinski definition) is 0. The smallest absolute Gasteiger partial charge is 0.0718 e. The SMILES string of the molecule is O=C([O-])c1ccccc1CCCCc1ccccc1C(=O)[O-]. The van der Waals surface area contributed by atoms with Crippen LogP contribution in [0.1, 0.15) is 44.7 Å². The van der Waals surface area contributed by atoms with Crippen molar-refractivity contribution in [3.05, 3.63) is 70.8 Å². The molecule has 0 bridgehead atoms. The van der Waals surface area contributed by atoms with Crippen LogP contribution in [0.15, 0.2) is 48.5 Å². The first-order valence-electron chi connectivity index (χ1n) is 7.18. The predicted molar refractivity (Wildman–Crippen MR) is 78.2 cm³/mol. The molecule has 114 valence electrons. The highest BCUT2D eigenvalue weighted by atomic mass is 16.4. The first kappa shape index (κ1) is 15.8. The van der Waals surface area contributed by atoms with Gasteiger partial charge < -0.3 is 19.8 Å². The van der Waals surface area contributed by atoms with Gasteiger partial charge in [-0.1, -0.05) is 48.5 Å². The molecule has 0 fully saturated rings. The number of carboxylic acids is 2. The van der Waals surface area contributed by atoms with Gasteiger partial charge in [-0.3, -0.25) is 0 Å². The maximum atomic E-state index is 11.0. The summed E-state index contributed by atoms with van der Waals surface area (Å²) in [5.74, 6) is -2.34. The molecule has 0 amide bonds. The molecule has 0 N–H and O–H groups in total. The summed E-state index contributed by atoms with van der Waals surface area (Å²) in [5, 5.41) is 22.0. The fourth-order valence-corrected chi connectivity index (χ4v) is 2.51. The van der Waals surface area contributed by atoms with E-state index in [1.165, 1.54) is 12.1 Å². The van der Waals surface area contributed by atoms with E-state index in [1.807, 2.05) is 0 Å². The minimum absolute atomic E-state index is 0.220. The van der Waals surface area contributed by atoms with Gasteiger partial charge in [0.1, 0.15) is 0 Å². The second-order valence-corrected chi connectivity index (χ2v) is 5.10. The molecule has 0 unspecified atom stereocenters. The normalized spacial score (nSPS) is 10.4. The monoisotopic (exact) mass is 296 g/mol. The molecular formula is C18H16O4-2. The van der Waals surface area contributed by atoms with Crippen molar-refractivity contribution in [1.29, 1.82) is 0 Å². The second-order valence-electron chi connectivity index (χ2n) is 5.10. The predicted octanol–water partition coefficient (Wildman–Crippen LogP) is 0.979. The zero-order chi connectivity index (χ0) is 15.9. The molecule has 2 aromatic rings. The molecule has 0 spiro atoms. The van der Waals surface area contributed by atoms with E-state index in [0.29, 0.717) is 12.8 Å². The van der Waals surface area contributed by atoms with Gasteiger partial charge in [-0.05, 0) is 36.8 Å². The fourth-order valence-electron chi connectivity index (χ4n) is 2.51. The topological polar surface area (TPSA) is 80.3 Å². The maximum Gasteiger partial charge on any atom is 0.0718 e. The van der Waals surface area contributed by atoms with Crippen LogP contribution in [0.2, 0.25) is 0 Å². The molecule has 2 aromatic carbocycles. The molecule has 22 heavy (non-hydrogen) atoms. The van der Waals surface area contributed by atoms with E-state index >= 15 is 0 Å². The van der Waals surface area contributed by atoms with Crippen molar-refractivity contribution in [3.8, 4) is 0 Å². The van der Waals surface area contributed by atoms with Crippen LogP contribution < -0.4 is 10.2 Å². The van der Waals surface area contributed by atoms with Crippen molar-refractivity contribution in [2.75, 3.05) is 0 Å². The molecule has 0 radical (unpaired) electrons. The maximum absolute atomic E-state index is 11.0. The molecular weight excluding hydrogens is 280 g/mol. The third-order valence-electron chi connectivity index (χ3n) is 3.62. The molecule has 2 rings (SSSR count). The lowest BCUT2D eigenvalue weighted by Gasteiger charge is -2.11. The first-order chi connectivity index (χ1) is 10.6. The van der Waals surface area contributed by atoms with E-state index in [9.17, 15) is 19.8 Å². The van der Waals surface area contributed by atoms with E-state index < -0.39 is 11.9 Å². The highest BCUT2D eigenvalue weighted by molar-refractivity contribution is 5.88. The summed E-state index contributed by atoms with van der Waals surface area (Å²) in [6, 6.07) is 13.6. The Labute approximate surface area is 129 Å². The Balaban J connectivity index is 1.93.